The Morgan fingerprint density at radius 3 is 2.58 bits per heavy atom. The molecule has 1 aliphatic rings. The highest BCUT2D eigenvalue weighted by molar-refractivity contribution is 5.70. The van der Waals surface area contributed by atoms with Crippen LogP contribution in [-0.4, -0.2) is 17.1 Å². The van der Waals surface area contributed by atoms with E-state index >= 15 is 0 Å². The van der Waals surface area contributed by atoms with Crippen molar-refractivity contribution in [2.45, 2.75) is 38.6 Å². The molecule has 0 atom stereocenters. The van der Waals surface area contributed by atoms with Gasteiger partial charge in [0.2, 0.25) is 0 Å². The summed E-state index contributed by atoms with van der Waals surface area (Å²) in [5, 5.41) is 21.3. The van der Waals surface area contributed by atoms with Crippen LogP contribution >= 0.6 is 0 Å². The quantitative estimate of drug-likeness (QED) is 0.874. The molecule has 0 spiro atoms. The lowest BCUT2D eigenvalue weighted by atomic mass is 9.86. The first-order chi connectivity index (χ1) is 9.10. The number of carbonyl (C=O) groups is 1. The molecule has 100 valence electrons. The number of nitrogens with one attached hydrogen (secondary N) is 1. The fourth-order valence-corrected chi connectivity index (χ4v) is 2.60. The van der Waals surface area contributed by atoms with Crippen LogP contribution in [0.1, 0.15) is 36.8 Å². The first-order valence-electron chi connectivity index (χ1n) is 6.60. The molecule has 0 aliphatic heterocycles. The molecule has 2 N–H and O–H groups in total. The highest BCUT2D eigenvalue weighted by atomic mass is 16.4. The number of nitrogens with zero attached hydrogens (tertiary/aromatic N) is 1. The fraction of sp³-hybridized carbons (Fsp3) is 0.467. The van der Waals surface area contributed by atoms with Gasteiger partial charge in [-0.2, -0.15) is 5.26 Å². The Kier molecular flexibility index (Phi) is 4.06. The van der Waals surface area contributed by atoms with Crippen molar-refractivity contribution in [2.75, 3.05) is 5.32 Å². The van der Waals surface area contributed by atoms with Gasteiger partial charge in [0.05, 0.1) is 17.6 Å². The van der Waals surface area contributed by atoms with Crippen molar-refractivity contribution in [1.82, 2.24) is 0 Å². The maximum absolute atomic E-state index is 10.9. The topological polar surface area (TPSA) is 73.1 Å². The predicted molar refractivity (Wildman–Crippen MR) is 72.9 cm³/mol. The van der Waals surface area contributed by atoms with Gasteiger partial charge in [0, 0.05) is 11.7 Å². The predicted octanol–water partition coefficient (Wildman–Crippen LogP) is 2.92. The summed E-state index contributed by atoms with van der Waals surface area (Å²) in [7, 11) is 0. The second-order valence-electron chi connectivity index (χ2n) is 5.17. The van der Waals surface area contributed by atoms with Crippen LogP contribution in [0.5, 0.6) is 0 Å². The van der Waals surface area contributed by atoms with Crippen molar-refractivity contribution in [3.05, 3.63) is 29.3 Å². The molecule has 1 fully saturated rings. The van der Waals surface area contributed by atoms with Gasteiger partial charge in [-0.15, -0.1) is 0 Å². The number of rotatable bonds is 3. The molecule has 19 heavy (non-hydrogen) atoms. The molecule has 0 heterocycles. The molecule has 4 heteroatoms. The van der Waals surface area contributed by atoms with E-state index in [4.69, 9.17) is 10.4 Å². The minimum absolute atomic E-state index is 0.180. The van der Waals surface area contributed by atoms with Crippen LogP contribution in [0.2, 0.25) is 0 Å². The number of nitriles is 1. The largest absolute Gasteiger partial charge is 0.481 e. The zero-order valence-electron chi connectivity index (χ0n) is 11.0. The van der Waals surface area contributed by atoms with E-state index in [0.29, 0.717) is 11.6 Å². The number of hydrogen-bond donors (Lipinski definition) is 2. The van der Waals surface area contributed by atoms with E-state index in [2.05, 4.69) is 11.4 Å². The Labute approximate surface area is 113 Å². The normalized spacial score (nSPS) is 22.5. The number of hydrogen-bond acceptors (Lipinski definition) is 3. The van der Waals surface area contributed by atoms with E-state index in [9.17, 15) is 4.79 Å². The van der Waals surface area contributed by atoms with Crippen LogP contribution in [0.25, 0.3) is 0 Å². The molecule has 0 aromatic heterocycles. The standard InChI is InChI=1S/C15H18N2O2/c1-10-8-11(9-16)2-7-14(10)17-13-5-3-12(4-6-13)15(18)19/h2,7-8,12-13,17H,3-6H2,1H3,(H,18,19). The van der Waals surface area contributed by atoms with Crippen LogP contribution in [0.15, 0.2) is 18.2 Å². The molecular formula is C15H18N2O2. The van der Waals surface area contributed by atoms with Gasteiger partial charge in [0.1, 0.15) is 0 Å². The van der Waals surface area contributed by atoms with Gasteiger partial charge < -0.3 is 10.4 Å². The summed E-state index contributed by atoms with van der Waals surface area (Å²) < 4.78 is 0. The molecular weight excluding hydrogens is 240 g/mol. The van der Waals surface area contributed by atoms with Gasteiger partial charge in [-0.25, -0.2) is 0 Å². The smallest absolute Gasteiger partial charge is 0.306 e. The van der Waals surface area contributed by atoms with Crippen molar-refractivity contribution in [3.8, 4) is 6.07 Å². The average Bonchev–Trinajstić information content (AvgIpc) is 2.41. The van der Waals surface area contributed by atoms with Crippen molar-refractivity contribution in [1.29, 1.82) is 5.26 Å². The maximum Gasteiger partial charge on any atom is 0.306 e. The number of carboxylic acids is 1. The van der Waals surface area contributed by atoms with E-state index in [-0.39, 0.29) is 5.92 Å². The van der Waals surface area contributed by atoms with Gasteiger partial charge in [-0.3, -0.25) is 4.79 Å². The zero-order valence-corrected chi connectivity index (χ0v) is 11.0. The minimum Gasteiger partial charge on any atom is -0.481 e. The van der Waals surface area contributed by atoms with Crippen molar-refractivity contribution in [2.24, 2.45) is 5.92 Å². The van der Waals surface area contributed by atoms with Crippen LogP contribution in [0.3, 0.4) is 0 Å². The van der Waals surface area contributed by atoms with Gasteiger partial charge >= 0.3 is 5.97 Å². The number of aliphatic carboxylic acids is 1. The molecule has 1 aromatic carbocycles. The third-order valence-electron chi connectivity index (χ3n) is 3.79. The number of aryl methyl sites for hydroxylation is 1. The minimum atomic E-state index is -0.673. The monoisotopic (exact) mass is 258 g/mol. The fourth-order valence-electron chi connectivity index (χ4n) is 2.60. The number of carboxylic acid groups (broad SMARTS) is 1. The molecule has 1 saturated carbocycles. The summed E-state index contributed by atoms with van der Waals surface area (Å²) in [4.78, 5) is 10.9. The van der Waals surface area contributed by atoms with Crippen molar-refractivity contribution >= 4 is 11.7 Å². The van der Waals surface area contributed by atoms with Gasteiger partial charge in [-0.05, 0) is 56.4 Å². The number of anilines is 1. The maximum atomic E-state index is 10.9. The van der Waals surface area contributed by atoms with E-state index in [1.54, 1.807) is 6.07 Å². The van der Waals surface area contributed by atoms with E-state index in [1.165, 1.54) is 0 Å². The first-order valence-corrected chi connectivity index (χ1v) is 6.60. The summed E-state index contributed by atoms with van der Waals surface area (Å²) in [5.41, 5.74) is 2.76. The van der Waals surface area contributed by atoms with Gasteiger partial charge in [0.15, 0.2) is 0 Å². The van der Waals surface area contributed by atoms with Crippen molar-refractivity contribution in [3.63, 3.8) is 0 Å². The molecule has 4 nitrogen and oxygen atoms in total. The Hall–Kier alpha value is -2.02. The van der Waals surface area contributed by atoms with Gasteiger partial charge in [0.25, 0.3) is 0 Å². The molecule has 1 aromatic rings. The van der Waals surface area contributed by atoms with Gasteiger partial charge in [-0.1, -0.05) is 0 Å². The molecule has 0 unspecified atom stereocenters. The third-order valence-corrected chi connectivity index (χ3v) is 3.79. The molecule has 0 radical (unpaired) electrons. The first kappa shape index (κ1) is 13.4. The average molecular weight is 258 g/mol. The van der Waals surface area contributed by atoms with E-state index in [1.807, 2.05) is 19.1 Å². The molecule has 2 rings (SSSR count). The summed E-state index contributed by atoms with van der Waals surface area (Å²) in [6.45, 7) is 1.98. The Bertz CT molecular complexity index is 511. The Balaban J connectivity index is 1.96. The third kappa shape index (κ3) is 3.25. The summed E-state index contributed by atoms with van der Waals surface area (Å²) in [6.07, 6.45) is 3.25. The second kappa shape index (κ2) is 5.75. The highest BCUT2D eigenvalue weighted by Crippen LogP contribution is 2.27. The molecule has 0 saturated heterocycles. The zero-order chi connectivity index (χ0) is 13.8. The summed E-state index contributed by atoms with van der Waals surface area (Å²) in [5.74, 6) is -0.854. The van der Waals surface area contributed by atoms with Crippen LogP contribution in [0.4, 0.5) is 5.69 Å². The van der Waals surface area contributed by atoms with Crippen LogP contribution in [-0.2, 0) is 4.79 Å². The lowest BCUT2D eigenvalue weighted by molar-refractivity contribution is -0.142. The summed E-state index contributed by atoms with van der Waals surface area (Å²) in [6, 6.07) is 8.06. The lowest BCUT2D eigenvalue weighted by Crippen LogP contribution is -2.29. The molecule has 0 amide bonds. The summed E-state index contributed by atoms with van der Waals surface area (Å²) >= 11 is 0. The Morgan fingerprint density at radius 1 is 1.37 bits per heavy atom. The Morgan fingerprint density at radius 2 is 2.05 bits per heavy atom. The number of benzene rings is 1. The van der Waals surface area contributed by atoms with E-state index < -0.39 is 5.97 Å². The van der Waals surface area contributed by atoms with Crippen LogP contribution in [0, 0.1) is 24.2 Å². The highest BCUT2D eigenvalue weighted by Gasteiger charge is 2.25. The SMILES string of the molecule is Cc1cc(C#N)ccc1NC1CCC(C(=O)O)CC1. The molecule has 0 bridgehead atoms. The van der Waals surface area contributed by atoms with E-state index in [0.717, 1.165) is 36.9 Å². The lowest BCUT2D eigenvalue weighted by Gasteiger charge is -2.28. The van der Waals surface area contributed by atoms with Crippen LogP contribution < -0.4 is 5.32 Å². The van der Waals surface area contributed by atoms with Crippen molar-refractivity contribution < 1.29 is 9.90 Å². The second-order valence-corrected chi connectivity index (χ2v) is 5.17. The molecule has 1 aliphatic carbocycles.